The molecule has 0 heterocycles. The molecule has 0 atom stereocenters. The number of hydrogen-bond donors (Lipinski definition) is 1. The summed E-state index contributed by atoms with van der Waals surface area (Å²) in [6.07, 6.45) is 2.98. The van der Waals surface area contributed by atoms with E-state index >= 15 is 0 Å². The summed E-state index contributed by atoms with van der Waals surface area (Å²) in [7, 11) is 0. The third-order valence-electron chi connectivity index (χ3n) is 0.913. The fraction of sp³-hybridized carbons (Fsp3) is 0.143. The van der Waals surface area contributed by atoms with Gasteiger partial charge >= 0.3 is 0 Å². The zero-order chi connectivity index (χ0) is 7.28. The molecule has 0 aliphatic carbocycles. The Hall–Kier alpha value is -0.500. The molecule has 0 saturated carbocycles. The Kier molecular flexibility index (Phi) is 4.14. The van der Waals surface area contributed by atoms with E-state index in [1.54, 1.807) is 6.08 Å². The van der Waals surface area contributed by atoms with Crippen molar-refractivity contribution < 1.29 is 5.11 Å². The number of allylic oxidation sites excluding steroid dienone is 3. The summed E-state index contributed by atoms with van der Waals surface area (Å²) in [5.74, 6) is 0.182. The Morgan fingerprint density at radius 3 is 2.11 bits per heavy atom. The van der Waals surface area contributed by atoms with Crippen molar-refractivity contribution in [2.24, 2.45) is 0 Å². The van der Waals surface area contributed by atoms with E-state index in [1.807, 2.05) is 0 Å². The van der Waals surface area contributed by atoms with Crippen LogP contribution in [0.25, 0.3) is 0 Å². The average Bonchev–Trinajstić information content (AvgIpc) is 1.90. The maximum atomic E-state index is 8.98. The van der Waals surface area contributed by atoms with E-state index in [0.29, 0.717) is 5.33 Å². The molecule has 0 aliphatic heterocycles. The van der Waals surface area contributed by atoms with Gasteiger partial charge in [0.25, 0.3) is 0 Å². The topological polar surface area (TPSA) is 20.2 Å². The van der Waals surface area contributed by atoms with Crippen molar-refractivity contribution in [1.82, 2.24) is 0 Å². The summed E-state index contributed by atoms with van der Waals surface area (Å²) in [5, 5.41) is 9.58. The third kappa shape index (κ3) is 2.51. The molecular formula is C7H9BrO. The first-order valence-corrected chi connectivity index (χ1v) is 3.61. The highest BCUT2D eigenvalue weighted by atomic mass is 79.9. The van der Waals surface area contributed by atoms with Gasteiger partial charge < -0.3 is 5.11 Å². The van der Waals surface area contributed by atoms with Crippen LogP contribution in [0, 0.1) is 0 Å². The Labute approximate surface area is 63.5 Å². The molecule has 0 bridgehead atoms. The predicted molar refractivity (Wildman–Crippen MR) is 43.8 cm³/mol. The number of halogens is 1. The Balaban J connectivity index is 4.36. The zero-order valence-electron chi connectivity index (χ0n) is 5.10. The van der Waals surface area contributed by atoms with E-state index in [2.05, 4.69) is 29.1 Å². The van der Waals surface area contributed by atoms with E-state index in [4.69, 9.17) is 5.11 Å². The summed E-state index contributed by atoms with van der Waals surface area (Å²) < 4.78 is 0. The van der Waals surface area contributed by atoms with Crippen molar-refractivity contribution in [3.63, 3.8) is 0 Å². The van der Waals surface area contributed by atoms with Crippen molar-refractivity contribution in [3.05, 3.63) is 36.6 Å². The van der Waals surface area contributed by atoms with Crippen LogP contribution in [-0.4, -0.2) is 10.4 Å². The van der Waals surface area contributed by atoms with E-state index in [0.717, 1.165) is 5.57 Å². The van der Waals surface area contributed by atoms with Crippen molar-refractivity contribution in [2.75, 3.05) is 5.33 Å². The van der Waals surface area contributed by atoms with Gasteiger partial charge in [-0.05, 0) is 6.08 Å². The molecule has 0 saturated heterocycles. The molecule has 2 heteroatoms. The summed E-state index contributed by atoms with van der Waals surface area (Å²) in [6.45, 7) is 6.91. The van der Waals surface area contributed by atoms with E-state index in [1.165, 1.54) is 6.08 Å². The highest BCUT2D eigenvalue weighted by Gasteiger charge is 1.93. The molecule has 1 N–H and O–H groups in total. The maximum absolute atomic E-state index is 8.98. The van der Waals surface area contributed by atoms with Crippen molar-refractivity contribution >= 4 is 15.9 Å². The number of rotatable bonds is 3. The Bertz CT molecular complexity index is 147. The first-order valence-electron chi connectivity index (χ1n) is 2.49. The van der Waals surface area contributed by atoms with Gasteiger partial charge in [0.2, 0.25) is 0 Å². The molecule has 50 valence electrons. The molecule has 9 heavy (non-hydrogen) atoms. The fourth-order valence-electron chi connectivity index (χ4n) is 0.359. The van der Waals surface area contributed by atoms with Crippen LogP contribution in [0.15, 0.2) is 36.6 Å². The predicted octanol–water partition coefficient (Wildman–Crippen LogP) is 2.57. The third-order valence-corrected chi connectivity index (χ3v) is 1.52. The van der Waals surface area contributed by atoms with Crippen LogP contribution in [0.2, 0.25) is 0 Å². The molecule has 0 amide bonds. The lowest BCUT2D eigenvalue weighted by Crippen LogP contribution is -1.84. The molecule has 0 aromatic rings. The smallest absolute Gasteiger partial charge is 0.119 e. The maximum Gasteiger partial charge on any atom is 0.119 e. The van der Waals surface area contributed by atoms with Crippen molar-refractivity contribution in [3.8, 4) is 0 Å². The summed E-state index contributed by atoms with van der Waals surface area (Å²) in [6, 6.07) is 0. The number of hydrogen-bond acceptors (Lipinski definition) is 1. The molecule has 0 fully saturated rings. The van der Waals surface area contributed by atoms with Crippen molar-refractivity contribution in [1.29, 1.82) is 0 Å². The second-order valence-electron chi connectivity index (χ2n) is 1.45. The minimum absolute atomic E-state index is 0.182. The Morgan fingerprint density at radius 2 is 2.00 bits per heavy atom. The zero-order valence-corrected chi connectivity index (χ0v) is 6.69. The highest BCUT2D eigenvalue weighted by molar-refractivity contribution is 9.09. The summed E-state index contributed by atoms with van der Waals surface area (Å²) in [5.41, 5.74) is 0.755. The van der Waals surface area contributed by atoms with E-state index in [9.17, 15) is 0 Å². The van der Waals surface area contributed by atoms with Gasteiger partial charge in [-0.15, -0.1) is 0 Å². The molecule has 0 aromatic carbocycles. The largest absolute Gasteiger partial charge is 0.508 e. The highest BCUT2D eigenvalue weighted by Crippen LogP contribution is 2.06. The SMILES string of the molecule is C=C/C(O)=C(\C=C)CBr. The number of aliphatic hydroxyl groups is 1. The molecule has 0 aliphatic rings. The van der Waals surface area contributed by atoms with Gasteiger partial charge in [-0.1, -0.05) is 35.2 Å². The first kappa shape index (κ1) is 8.50. The van der Waals surface area contributed by atoms with Gasteiger partial charge in [-0.3, -0.25) is 0 Å². The first-order chi connectivity index (χ1) is 4.26. The second-order valence-corrected chi connectivity index (χ2v) is 2.01. The van der Waals surface area contributed by atoms with Gasteiger partial charge in [0.05, 0.1) is 0 Å². The lowest BCUT2D eigenvalue weighted by Gasteiger charge is -1.95. The van der Waals surface area contributed by atoms with Crippen LogP contribution in [0.5, 0.6) is 0 Å². The number of aliphatic hydroxyl groups excluding tert-OH is 1. The molecule has 0 aromatic heterocycles. The van der Waals surface area contributed by atoms with Gasteiger partial charge in [0, 0.05) is 10.9 Å². The second kappa shape index (κ2) is 4.39. The summed E-state index contributed by atoms with van der Waals surface area (Å²) in [4.78, 5) is 0. The monoisotopic (exact) mass is 188 g/mol. The minimum Gasteiger partial charge on any atom is -0.508 e. The van der Waals surface area contributed by atoms with E-state index in [-0.39, 0.29) is 5.76 Å². The molecule has 0 rings (SSSR count). The summed E-state index contributed by atoms with van der Waals surface area (Å²) >= 11 is 3.18. The van der Waals surface area contributed by atoms with Gasteiger partial charge in [0.15, 0.2) is 0 Å². The van der Waals surface area contributed by atoms with Crippen LogP contribution in [0.4, 0.5) is 0 Å². The van der Waals surface area contributed by atoms with Crippen LogP contribution < -0.4 is 0 Å². The Morgan fingerprint density at radius 1 is 1.44 bits per heavy atom. The molecule has 1 nitrogen and oxygen atoms in total. The fourth-order valence-corrected chi connectivity index (χ4v) is 0.875. The quantitative estimate of drug-likeness (QED) is 0.411. The molecular weight excluding hydrogens is 180 g/mol. The van der Waals surface area contributed by atoms with Crippen LogP contribution in [-0.2, 0) is 0 Å². The minimum atomic E-state index is 0.182. The van der Waals surface area contributed by atoms with Crippen molar-refractivity contribution in [2.45, 2.75) is 0 Å². The van der Waals surface area contributed by atoms with Crippen LogP contribution in [0.1, 0.15) is 0 Å². The lowest BCUT2D eigenvalue weighted by atomic mass is 10.2. The molecule has 0 spiro atoms. The van der Waals surface area contributed by atoms with Crippen LogP contribution in [0.3, 0.4) is 0 Å². The van der Waals surface area contributed by atoms with Gasteiger partial charge in [-0.25, -0.2) is 0 Å². The van der Waals surface area contributed by atoms with Crippen LogP contribution >= 0.6 is 15.9 Å². The molecule has 0 radical (unpaired) electrons. The lowest BCUT2D eigenvalue weighted by molar-refractivity contribution is 0.428. The van der Waals surface area contributed by atoms with E-state index < -0.39 is 0 Å². The van der Waals surface area contributed by atoms with Gasteiger partial charge in [0.1, 0.15) is 5.76 Å². The standard InChI is InChI=1S/C7H9BrO/c1-3-6(5-8)7(9)4-2/h3-4,9H,1-2,5H2/b7-6-. The molecule has 0 unspecified atom stereocenters. The average molecular weight is 189 g/mol. The number of alkyl halides is 1. The van der Waals surface area contributed by atoms with Gasteiger partial charge in [-0.2, -0.15) is 0 Å². The normalized spacial score (nSPS) is 12.1.